The first-order chi connectivity index (χ1) is 8.80. The summed E-state index contributed by atoms with van der Waals surface area (Å²) in [5.74, 6) is 2.32. The number of fused-ring (bicyclic) bond motifs is 1. The molecular formula is C16H19BrO2. The lowest BCUT2D eigenvalue weighted by Crippen LogP contribution is -1.95. The zero-order valence-electron chi connectivity index (χ0n) is 12.0. The van der Waals surface area contributed by atoms with Crippen LogP contribution in [0.2, 0.25) is 0 Å². The van der Waals surface area contributed by atoms with Crippen molar-refractivity contribution in [3.8, 4) is 5.75 Å². The molecule has 1 aromatic heterocycles. The summed E-state index contributed by atoms with van der Waals surface area (Å²) in [6, 6.07) is 6.09. The van der Waals surface area contributed by atoms with Crippen molar-refractivity contribution in [2.24, 2.45) is 10.8 Å². The minimum Gasteiger partial charge on any atom is -0.493 e. The van der Waals surface area contributed by atoms with Crippen LogP contribution < -0.4 is 4.74 Å². The van der Waals surface area contributed by atoms with E-state index in [1.165, 1.54) is 0 Å². The van der Waals surface area contributed by atoms with Gasteiger partial charge in [0.05, 0.1) is 7.11 Å². The van der Waals surface area contributed by atoms with Crippen molar-refractivity contribution >= 4 is 26.9 Å². The topological polar surface area (TPSA) is 22.4 Å². The first-order valence-corrected chi connectivity index (χ1v) is 7.36. The average molecular weight is 323 g/mol. The van der Waals surface area contributed by atoms with E-state index in [2.05, 4.69) is 49.7 Å². The molecular weight excluding hydrogens is 304 g/mol. The maximum absolute atomic E-state index is 6.11. The quantitative estimate of drug-likeness (QED) is 0.743. The van der Waals surface area contributed by atoms with Gasteiger partial charge in [-0.25, -0.2) is 0 Å². The van der Waals surface area contributed by atoms with Crippen LogP contribution in [-0.2, 0) is 0 Å². The van der Waals surface area contributed by atoms with Gasteiger partial charge in [-0.1, -0.05) is 43.6 Å². The predicted molar refractivity (Wildman–Crippen MR) is 80.8 cm³/mol. The second kappa shape index (κ2) is 3.78. The molecule has 0 aliphatic heterocycles. The second-order valence-corrected chi connectivity index (χ2v) is 7.37. The molecule has 1 aliphatic carbocycles. The molecule has 102 valence electrons. The first-order valence-electron chi connectivity index (χ1n) is 6.56. The number of furan rings is 1. The van der Waals surface area contributed by atoms with Crippen LogP contribution in [0, 0.1) is 10.8 Å². The Balaban J connectivity index is 2.16. The Labute approximate surface area is 122 Å². The van der Waals surface area contributed by atoms with Crippen molar-refractivity contribution in [2.45, 2.75) is 33.6 Å². The third-order valence-electron chi connectivity index (χ3n) is 5.14. The molecule has 1 saturated carbocycles. The van der Waals surface area contributed by atoms with E-state index in [0.717, 1.165) is 27.0 Å². The number of benzene rings is 1. The van der Waals surface area contributed by atoms with Crippen molar-refractivity contribution in [2.75, 3.05) is 7.11 Å². The van der Waals surface area contributed by atoms with E-state index < -0.39 is 0 Å². The summed E-state index contributed by atoms with van der Waals surface area (Å²) in [7, 11) is 1.68. The summed E-state index contributed by atoms with van der Waals surface area (Å²) in [5.41, 5.74) is 1.40. The van der Waals surface area contributed by atoms with Crippen LogP contribution in [0.5, 0.6) is 5.75 Å². The number of halogens is 1. The molecule has 19 heavy (non-hydrogen) atoms. The number of ether oxygens (including phenoxy) is 1. The first kappa shape index (κ1) is 13.0. The highest BCUT2D eigenvalue weighted by molar-refractivity contribution is 9.10. The molecule has 3 heteroatoms. The van der Waals surface area contributed by atoms with Crippen LogP contribution >= 0.6 is 15.9 Å². The van der Waals surface area contributed by atoms with Gasteiger partial charge in [0.1, 0.15) is 5.76 Å². The third-order valence-corrected chi connectivity index (χ3v) is 5.83. The fraction of sp³-hybridized carbons (Fsp3) is 0.500. The maximum Gasteiger partial charge on any atom is 0.177 e. The fourth-order valence-corrected chi connectivity index (χ4v) is 3.72. The number of methoxy groups -OCH3 is 1. The Morgan fingerprint density at radius 1 is 1.16 bits per heavy atom. The molecule has 1 fully saturated rings. The molecule has 0 unspecified atom stereocenters. The summed E-state index contributed by atoms with van der Waals surface area (Å²) < 4.78 is 12.5. The zero-order valence-corrected chi connectivity index (χ0v) is 13.6. The Morgan fingerprint density at radius 2 is 1.79 bits per heavy atom. The number of hydrogen-bond acceptors (Lipinski definition) is 2. The smallest absolute Gasteiger partial charge is 0.177 e. The Morgan fingerprint density at radius 3 is 2.32 bits per heavy atom. The van der Waals surface area contributed by atoms with E-state index in [-0.39, 0.29) is 10.8 Å². The lowest BCUT2D eigenvalue weighted by molar-refractivity contribution is 0.406. The standard InChI is InChI=1S/C16H19BrO2/c1-15(2)14(16(15,3)4)12-8-9-10(17)6-7-11(18-5)13(9)19-12/h6-8,14H,1-5H3. The summed E-state index contributed by atoms with van der Waals surface area (Å²) in [5, 5.41) is 1.09. The molecule has 0 amide bonds. The normalized spacial score (nSPS) is 20.7. The Kier molecular flexibility index (Phi) is 2.60. The monoisotopic (exact) mass is 322 g/mol. The molecule has 0 saturated heterocycles. The molecule has 0 radical (unpaired) electrons. The van der Waals surface area contributed by atoms with E-state index in [1.54, 1.807) is 7.11 Å². The molecule has 2 nitrogen and oxygen atoms in total. The minimum atomic E-state index is 0.278. The van der Waals surface area contributed by atoms with Crippen LogP contribution in [0.1, 0.15) is 39.4 Å². The van der Waals surface area contributed by atoms with E-state index in [0.29, 0.717) is 5.92 Å². The Hall–Kier alpha value is -0.960. The van der Waals surface area contributed by atoms with Crippen LogP contribution in [0.4, 0.5) is 0 Å². The largest absolute Gasteiger partial charge is 0.493 e. The van der Waals surface area contributed by atoms with Crippen molar-refractivity contribution in [1.29, 1.82) is 0 Å². The summed E-state index contributed by atoms with van der Waals surface area (Å²) in [6.45, 7) is 9.21. The molecule has 1 heterocycles. The fourth-order valence-electron chi connectivity index (χ4n) is 3.30. The number of rotatable bonds is 2. The SMILES string of the molecule is COc1ccc(Br)c2cc(C3C(C)(C)C3(C)C)oc12. The summed E-state index contributed by atoms with van der Waals surface area (Å²) in [4.78, 5) is 0. The maximum atomic E-state index is 6.11. The van der Waals surface area contributed by atoms with Gasteiger partial charge in [0.15, 0.2) is 11.3 Å². The van der Waals surface area contributed by atoms with Gasteiger partial charge in [0.25, 0.3) is 0 Å². The van der Waals surface area contributed by atoms with Crippen molar-refractivity contribution in [3.63, 3.8) is 0 Å². The van der Waals surface area contributed by atoms with Gasteiger partial charge in [0, 0.05) is 15.8 Å². The summed E-state index contributed by atoms with van der Waals surface area (Å²) >= 11 is 3.58. The van der Waals surface area contributed by atoms with Crippen LogP contribution in [-0.4, -0.2) is 7.11 Å². The van der Waals surface area contributed by atoms with Crippen LogP contribution in [0.3, 0.4) is 0 Å². The van der Waals surface area contributed by atoms with Crippen LogP contribution in [0.15, 0.2) is 27.1 Å². The highest BCUT2D eigenvalue weighted by Crippen LogP contribution is 2.74. The lowest BCUT2D eigenvalue weighted by Gasteiger charge is -2.03. The zero-order chi connectivity index (χ0) is 14.0. The van der Waals surface area contributed by atoms with E-state index in [9.17, 15) is 0 Å². The van der Waals surface area contributed by atoms with Crippen LogP contribution in [0.25, 0.3) is 11.0 Å². The van der Waals surface area contributed by atoms with Crippen molar-refractivity contribution < 1.29 is 9.15 Å². The molecule has 0 N–H and O–H groups in total. The average Bonchev–Trinajstić information content (AvgIpc) is 2.67. The Bertz CT molecular complexity index is 638. The van der Waals surface area contributed by atoms with Crippen molar-refractivity contribution in [1.82, 2.24) is 0 Å². The van der Waals surface area contributed by atoms with E-state index in [4.69, 9.17) is 9.15 Å². The van der Waals surface area contributed by atoms with Gasteiger partial charge >= 0.3 is 0 Å². The lowest BCUT2D eigenvalue weighted by atomic mass is 10.0. The van der Waals surface area contributed by atoms with E-state index >= 15 is 0 Å². The van der Waals surface area contributed by atoms with Gasteiger partial charge in [-0.05, 0) is 29.0 Å². The molecule has 1 aliphatic rings. The molecule has 1 aromatic carbocycles. The highest BCUT2D eigenvalue weighted by atomic mass is 79.9. The van der Waals surface area contributed by atoms with Gasteiger partial charge < -0.3 is 9.15 Å². The summed E-state index contributed by atoms with van der Waals surface area (Å²) in [6.07, 6.45) is 0. The molecule has 0 spiro atoms. The molecule has 3 rings (SSSR count). The number of hydrogen-bond donors (Lipinski definition) is 0. The highest BCUT2D eigenvalue weighted by Gasteiger charge is 2.66. The van der Waals surface area contributed by atoms with Gasteiger partial charge in [0.2, 0.25) is 0 Å². The molecule has 2 aromatic rings. The third kappa shape index (κ3) is 1.60. The second-order valence-electron chi connectivity index (χ2n) is 6.52. The van der Waals surface area contributed by atoms with E-state index in [1.807, 2.05) is 12.1 Å². The van der Waals surface area contributed by atoms with Gasteiger partial charge in [-0.15, -0.1) is 0 Å². The molecule has 0 bridgehead atoms. The van der Waals surface area contributed by atoms with Gasteiger partial charge in [-0.3, -0.25) is 0 Å². The predicted octanol–water partition coefficient (Wildman–Crippen LogP) is 5.35. The molecule has 0 atom stereocenters. The van der Waals surface area contributed by atoms with Gasteiger partial charge in [-0.2, -0.15) is 0 Å². The minimum absolute atomic E-state index is 0.278. The van der Waals surface area contributed by atoms with Crippen molar-refractivity contribution in [3.05, 3.63) is 28.4 Å².